The second kappa shape index (κ2) is 4.33. The lowest BCUT2D eigenvalue weighted by Crippen LogP contribution is -2.04. The first-order valence-electron chi connectivity index (χ1n) is 3.62. The minimum Gasteiger partial charge on any atom is -0.298 e. The number of rotatable bonds is 2. The smallest absolute Gasteiger partial charge is 0.147 e. The number of alkyl halides is 1. The van der Waals surface area contributed by atoms with Gasteiger partial charge in [0.2, 0.25) is 0 Å². The van der Waals surface area contributed by atoms with Crippen molar-refractivity contribution in [3.8, 4) is 0 Å². The Morgan fingerprint density at radius 1 is 1.54 bits per heavy atom. The molecule has 0 N–H and O–H groups in total. The number of hydrogen-bond donors (Lipinski definition) is 0. The first-order chi connectivity index (χ1) is 6.04. The highest BCUT2D eigenvalue weighted by Crippen LogP contribution is 2.32. The lowest BCUT2D eigenvalue weighted by atomic mass is 10.1. The summed E-state index contributed by atoms with van der Waals surface area (Å²) in [7, 11) is 0. The van der Waals surface area contributed by atoms with Gasteiger partial charge in [-0.05, 0) is 19.1 Å². The van der Waals surface area contributed by atoms with Gasteiger partial charge in [-0.3, -0.25) is 4.79 Å². The van der Waals surface area contributed by atoms with Crippen LogP contribution in [-0.2, 0) is 4.79 Å². The first kappa shape index (κ1) is 10.9. The van der Waals surface area contributed by atoms with Crippen molar-refractivity contribution in [2.24, 2.45) is 0 Å². The largest absolute Gasteiger partial charge is 0.298 e. The number of benzene rings is 1. The molecule has 0 amide bonds. The van der Waals surface area contributed by atoms with Gasteiger partial charge in [-0.15, -0.1) is 0 Å². The molecular weight excluding hydrogens is 303 g/mol. The van der Waals surface area contributed by atoms with E-state index in [1.807, 2.05) is 0 Å². The molecule has 1 rings (SSSR count). The topological polar surface area (TPSA) is 17.1 Å². The normalized spacial score (nSPS) is 12.6. The molecule has 1 atom stereocenters. The summed E-state index contributed by atoms with van der Waals surface area (Å²) in [6.07, 6.45) is 0. The number of carbonyl (C=O) groups is 1. The molecule has 0 fully saturated rings. The molecule has 0 heterocycles. The van der Waals surface area contributed by atoms with Crippen molar-refractivity contribution < 1.29 is 9.18 Å². The molecule has 1 aromatic rings. The highest BCUT2D eigenvalue weighted by atomic mass is 79.9. The van der Waals surface area contributed by atoms with Crippen LogP contribution in [0.5, 0.6) is 0 Å². The fraction of sp³-hybridized carbons (Fsp3) is 0.222. The van der Waals surface area contributed by atoms with Crippen LogP contribution in [0.15, 0.2) is 22.7 Å². The zero-order valence-electron chi connectivity index (χ0n) is 6.85. The van der Waals surface area contributed by atoms with E-state index in [1.165, 1.54) is 13.0 Å². The van der Waals surface area contributed by atoms with Gasteiger partial charge in [0.15, 0.2) is 0 Å². The van der Waals surface area contributed by atoms with Crippen molar-refractivity contribution in [3.05, 3.63) is 34.1 Å². The summed E-state index contributed by atoms with van der Waals surface area (Å²) < 4.78 is 13.9. The Balaban J connectivity index is 3.20. The maximum atomic E-state index is 13.2. The molecule has 0 aromatic heterocycles. The second-order valence-electron chi connectivity index (χ2n) is 2.61. The summed E-state index contributed by atoms with van der Waals surface area (Å²) in [4.78, 5) is 10.4. The Labute approximate surface area is 92.6 Å². The second-order valence-corrected chi connectivity index (χ2v) is 4.38. The molecule has 0 aliphatic heterocycles. The van der Waals surface area contributed by atoms with E-state index >= 15 is 0 Å². The van der Waals surface area contributed by atoms with E-state index in [9.17, 15) is 9.18 Å². The number of ketones is 1. The van der Waals surface area contributed by atoms with Crippen LogP contribution in [-0.4, -0.2) is 5.78 Å². The average Bonchev–Trinajstić information content (AvgIpc) is 2.03. The van der Waals surface area contributed by atoms with Gasteiger partial charge in [-0.2, -0.15) is 0 Å². The zero-order chi connectivity index (χ0) is 10.0. The van der Waals surface area contributed by atoms with E-state index in [1.54, 1.807) is 12.1 Å². The predicted molar refractivity (Wildman–Crippen MR) is 56.4 cm³/mol. The van der Waals surface area contributed by atoms with Crippen molar-refractivity contribution >= 4 is 37.6 Å². The number of hydrogen-bond acceptors (Lipinski definition) is 1. The Kier molecular flexibility index (Phi) is 3.62. The molecule has 0 saturated carbocycles. The zero-order valence-corrected chi connectivity index (χ0v) is 10.0. The molecule has 70 valence electrons. The summed E-state index contributed by atoms with van der Waals surface area (Å²) in [5, 5.41) is 0. The molecule has 0 radical (unpaired) electrons. The van der Waals surface area contributed by atoms with Gasteiger partial charge in [0.1, 0.15) is 16.4 Å². The van der Waals surface area contributed by atoms with Crippen LogP contribution in [0.1, 0.15) is 17.3 Å². The van der Waals surface area contributed by atoms with E-state index in [2.05, 4.69) is 31.9 Å². The molecule has 1 aromatic carbocycles. The quantitative estimate of drug-likeness (QED) is 0.763. The summed E-state index contributed by atoms with van der Waals surface area (Å²) in [6, 6.07) is 4.62. The SMILES string of the molecule is CC(=O)C(Br)c1c(F)cccc1Br. The van der Waals surface area contributed by atoms with Crippen LogP contribution in [0.25, 0.3) is 0 Å². The van der Waals surface area contributed by atoms with Gasteiger partial charge >= 0.3 is 0 Å². The minimum atomic E-state index is -0.580. The summed E-state index contributed by atoms with van der Waals surface area (Å²) in [5.74, 6) is -0.503. The van der Waals surface area contributed by atoms with Gasteiger partial charge in [0.25, 0.3) is 0 Å². The maximum Gasteiger partial charge on any atom is 0.147 e. The van der Waals surface area contributed by atoms with Crippen LogP contribution in [0.3, 0.4) is 0 Å². The Morgan fingerprint density at radius 2 is 2.15 bits per heavy atom. The maximum absolute atomic E-state index is 13.2. The van der Waals surface area contributed by atoms with Crippen molar-refractivity contribution in [2.75, 3.05) is 0 Å². The van der Waals surface area contributed by atoms with Gasteiger partial charge in [0, 0.05) is 10.0 Å². The predicted octanol–water partition coefficient (Wildman–Crippen LogP) is 3.61. The molecule has 1 nitrogen and oxygen atoms in total. The van der Waals surface area contributed by atoms with E-state index in [-0.39, 0.29) is 11.6 Å². The van der Waals surface area contributed by atoms with Crippen LogP contribution < -0.4 is 0 Å². The third-order valence-electron chi connectivity index (χ3n) is 1.61. The fourth-order valence-electron chi connectivity index (χ4n) is 0.956. The van der Waals surface area contributed by atoms with Crippen LogP contribution in [0.2, 0.25) is 0 Å². The Hall–Kier alpha value is -0.220. The molecule has 0 spiro atoms. The number of carbonyl (C=O) groups excluding carboxylic acids is 1. The molecule has 1 unspecified atom stereocenters. The van der Waals surface area contributed by atoms with Crippen LogP contribution >= 0.6 is 31.9 Å². The Bertz CT molecular complexity index is 318. The molecule has 4 heteroatoms. The van der Waals surface area contributed by atoms with E-state index in [4.69, 9.17) is 0 Å². The Morgan fingerprint density at radius 3 is 2.62 bits per heavy atom. The minimum absolute atomic E-state index is 0.120. The molecule has 13 heavy (non-hydrogen) atoms. The molecule has 0 aliphatic carbocycles. The summed E-state index contributed by atoms with van der Waals surface area (Å²) in [6.45, 7) is 1.41. The third-order valence-corrected chi connectivity index (χ3v) is 3.40. The fourth-order valence-corrected chi connectivity index (χ4v) is 2.30. The summed E-state index contributed by atoms with van der Waals surface area (Å²) >= 11 is 6.33. The van der Waals surface area contributed by atoms with E-state index in [0.29, 0.717) is 10.0 Å². The van der Waals surface area contributed by atoms with E-state index in [0.717, 1.165) is 0 Å². The van der Waals surface area contributed by atoms with Gasteiger partial charge in [-0.25, -0.2) is 4.39 Å². The lowest BCUT2D eigenvalue weighted by Gasteiger charge is -2.09. The van der Waals surface area contributed by atoms with Crippen molar-refractivity contribution in [3.63, 3.8) is 0 Å². The molecular formula is C9H7Br2FO. The van der Waals surface area contributed by atoms with Crippen molar-refractivity contribution in [1.29, 1.82) is 0 Å². The highest BCUT2D eigenvalue weighted by molar-refractivity contribution is 9.11. The number of Topliss-reactive ketones (excluding diaryl/α,β-unsaturated/α-hetero) is 1. The number of halogens is 3. The average molecular weight is 310 g/mol. The van der Waals surface area contributed by atoms with Crippen molar-refractivity contribution in [2.45, 2.75) is 11.8 Å². The van der Waals surface area contributed by atoms with Gasteiger partial charge in [-0.1, -0.05) is 37.9 Å². The lowest BCUT2D eigenvalue weighted by molar-refractivity contribution is -0.116. The van der Waals surface area contributed by atoms with Crippen LogP contribution in [0.4, 0.5) is 4.39 Å². The monoisotopic (exact) mass is 308 g/mol. The van der Waals surface area contributed by atoms with E-state index < -0.39 is 4.83 Å². The van der Waals surface area contributed by atoms with Gasteiger partial charge < -0.3 is 0 Å². The highest BCUT2D eigenvalue weighted by Gasteiger charge is 2.19. The molecule has 0 saturated heterocycles. The van der Waals surface area contributed by atoms with Crippen LogP contribution in [0, 0.1) is 5.82 Å². The first-order valence-corrected chi connectivity index (χ1v) is 5.33. The molecule has 0 aliphatic rings. The van der Waals surface area contributed by atoms with Crippen molar-refractivity contribution in [1.82, 2.24) is 0 Å². The summed E-state index contributed by atoms with van der Waals surface area (Å²) in [5.41, 5.74) is 0.356. The van der Waals surface area contributed by atoms with Gasteiger partial charge in [0.05, 0.1) is 0 Å². The standard InChI is InChI=1S/C9H7Br2FO/c1-5(13)9(11)8-6(10)3-2-4-7(8)12/h2-4,9H,1H3. The third kappa shape index (κ3) is 2.38. The molecule has 0 bridgehead atoms.